The highest BCUT2D eigenvalue weighted by atomic mass is 35.5. The second kappa shape index (κ2) is 11.4. The van der Waals surface area contributed by atoms with E-state index in [9.17, 15) is 23.9 Å². The summed E-state index contributed by atoms with van der Waals surface area (Å²) in [6, 6.07) is 3.45. The highest BCUT2D eigenvalue weighted by Crippen LogP contribution is 2.31. The number of carboxylic acids is 1. The van der Waals surface area contributed by atoms with Crippen LogP contribution in [0, 0.1) is 5.82 Å². The summed E-state index contributed by atoms with van der Waals surface area (Å²) < 4.78 is 24.7. The second-order valence-electron chi connectivity index (χ2n) is 9.45. The largest absolute Gasteiger partial charge is 0.489 e. The minimum Gasteiger partial charge on any atom is -0.489 e. The van der Waals surface area contributed by atoms with E-state index >= 15 is 0 Å². The number of ether oxygens (including phenoxy) is 2. The van der Waals surface area contributed by atoms with Gasteiger partial charge in [0.15, 0.2) is 11.4 Å². The number of halogens is 3. The number of hydroxylamine groups is 1. The third-order valence-electron chi connectivity index (χ3n) is 4.02. The molecule has 0 spiro atoms. The fourth-order valence-electron chi connectivity index (χ4n) is 2.64. The Balaban J connectivity index is 2.46. The van der Waals surface area contributed by atoms with Crippen LogP contribution in [0.4, 0.5) is 10.2 Å². The van der Waals surface area contributed by atoms with E-state index in [2.05, 4.69) is 10.2 Å². The van der Waals surface area contributed by atoms with Gasteiger partial charge in [0.05, 0.1) is 17.2 Å². The molecular formula is C23H26Cl2FN3O7. The van der Waals surface area contributed by atoms with Crippen molar-refractivity contribution >= 4 is 46.9 Å². The average molecular weight is 546 g/mol. The second-order valence-corrected chi connectivity index (χ2v) is 10.2. The lowest BCUT2D eigenvalue weighted by atomic mass is 10.1. The Kier molecular flexibility index (Phi) is 9.22. The first-order valence-electron chi connectivity index (χ1n) is 10.6. The number of esters is 1. The number of aromatic nitrogens is 2. The topological polar surface area (TPSA) is 128 Å². The van der Waals surface area contributed by atoms with E-state index in [1.54, 1.807) is 41.5 Å². The van der Waals surface area contributed by atoms with Gasteiger partial charge in [-0.1, -0.05) is 23.2 Å². The first kappa shape index (κ1) is 29.2. The quantitative estimate of drug-likeness (QED) is 0.229. The lowest BCUT2D eigenvalue weighted by molar-refractivity contribution is -0.167. The maximum absolute atomic E-state index is 13.8. The molecule has 13 heteroatoms. The molecule has 1 N–H and O–H groups in total. The number of benzene rings is 1. The summed E-state index contributed by atoms with van der Waals surface area (Å²) in [7, 11) is 0. The first-order valence-corrected chi connectivity index (χ1v) is 11.4. The van der Waals surface area contributed by atoms with Gasteiger partial charge in [-0.2, -0.15) is 5.06 Å². The first-order chi connectivity index (χ1) is 16.5. The maximum Gasteiger partial charge on any atom is 0.400 e. The van der Waals surface area contributed by atoms with Crippen molar-refractivity contribution in [2.75, 3.05) is 11.7 Å². The molecule has 0 unspecified atom stereocenters. The van der Waals surface area contributed by atoms with E-state index in [0.29, 0.717) is 5.06 Å². The molecule has 0 aliphatic carbocycles. The molecule has 0 saturated heterocycles. The zero-order chi connectivity index (χ0) is 27.4. The molecule has 10 nitrogen and oxygen atoms in total. The highest BCUT2D eigenvalue weighted by molar-refractivity contribution is 6.37. The Morgan fingerprint density at radius 2 is 1.69 bits per heavy atom. The molecule has 36 heavy (non-hydrogen) atoms. The monoisotopic (exact) mass is 545 g/mol. The van der Waals surface area contributed by atoms with Gasteiger partial charge >= 0.3 is 17.8 Å². The molecule has 1 aromatic heterocycles. The van der Waals surface area contributed by atoms with E-state index in [-0.39, 0.29) is 34.4 Å². The van der Waals surface area contributed by atoms with Crippen LogP contribution in [0.25, 0.3) is 0 Å². The average Bonchev–Trinajstić information content (AvgIpc) is 2.74. The summed E-state index contributed by atoms with van der Waals surface area (Å²) in [5.41, 5.74) is -2.24. The van der Waals surface area contributed by atoms with Crippen LogP contribution in [0.2, 0.25) is 10.0 Å². The van der Waals surface area contributed by atoms with E-state index in [0.717, 1.165) is 12.1 Å². The summed E-state index contributed by atoms with van der Waals surface area (Å²) in [6.07, 6.45) is 0.0136. The molecular weight excluding hydrogens is 520 g/mol. The lowest BCUT2D eigenvalue weighted by Gasteiger charge is -2.29. The number of carboxylic acid groups (broad SMARTS) is 1. The number of anilines is 1. The number of nitrogens with zero attached hydrogens (tertiary/aromatic N) is 3. The highest BCUT2D eigenvalue weighted by Gasteiger charge is 2.36. The van der Waals surface area contributed by atoms with E-state index in [1.165, 1.54) is 6.07 Å². The Bertz CT molecular complexity index is 1160. The normalized spacial score (nSPS) is 11.7. The number of amides is 1. The van der Waals surface area contributed by atoms with E-state index in [4.69, 9.17) is 37.5 Å². The molecule has 1 amide bonds. The van der Waals surface area contributed by atoms with Crippen molar-refractivity contribution < 1.29 is 38.2 Å². The molecule has 0 fully saturated rings. The number of hydrogen-bond acceptors (Lipinski definition) is 8. The van der Waals surface area contributed by atoms with Crippen LogP contribution in [-0.4, -0.2) is 51.0 Å². The fourth-order valence-corrected chi connectivity index (χ4v) is 3.20. The van der Waals surface area contributed by atoms with Crippen molar-refractivity contribution in [2.24, 2.45) is 0 Å². The smallest absolute Gasteiger partial charge is 0.400 e. The van der Waals surface area contributed by atoms with E-state index in [1.807, 2.05) is 0 Å². The van der Waals surface area contributed by atoms with Crippen LogP contribution in [0.3, 0.4) is 0 Å². The van der Waals surface area contributed by atoms with Crippen molar-refractivity contribution in [1.82, 2.24) is 10.2 Å². The van der Waals surface area contributed by atoms with Crippen LogP contribution in [-0.2, 0) is 25.6 Å². The van der Waals surface area contributed by atoms with Gasteiger partial charge in [-0.3, -0.25) is 9.63 Å². The van der Waals surface area contributed by atoms with Gasteiger partial charge in [-0.05, 0) is 59.2 Å². The van der Waals surface area contributed by atoms with Gasteiger partial charge in [0, 0.05) is 17.5 Å². The van der Waals surface area contributed by atoms with Crippen LogP contribution in [0.1, 0.15) is 57.6 Å². The lowest BCUT2D eigenvalue weighted by Crippen LogP contribution is -2.45. The van der Waals surface area contributed by atoms with E-state index < -0.39 is 46.4 Å². The molecule has 0 radical (unpaired) electrons. The summed E-state index contributed by atoms with van der Waals surface area (Å²) in [4.78, 5) is 42.6. The molecule has 0 aliphatic rings. The third kappa shape index (κ3) is 8.00. The number of carbonyl (C=O) groups excluding carboxylic acids is 2. The van der Waals surface area contributed by atoms with Crippen molar-refractivity contribution in [1.29, 1.82) is 0 Å². The molecule has 2 rings (SSSR count). The fraction of sp³-hybridized carbons (Fsp3) is 0.435. The number of rotatable bonds is 7. The SMILES string of the molecule is CC(C)(C)OC(=O)C(=O)N(OC(C)(C)C)c1nnc(C(=O)O)cc1OCCc1c(Cl)ccc(F)c1Cl. The predicted octanol–water partition coefficient (Wildman–Crippen LogP) is 4.65. The predicted molar refractivity (Wildman–Crippen MR) is 129 cm³/mol. The summed E-state index contributed by atoms with van der Waals surface area (Å²) in [6.45, 7) is 9.36. The number of hydrogen-bond donors (Lipinski definition) is 1. The summed E-state index contributed by atoms with van der Waals surface area (Å²) >= 11 is 12.1. The maximum atomic E-state index is 13.8. The Labute approximate surface area is 217 Å². The Morgan fingerprint density at radius 1 is 1.06 bits per heavy atom. The van der Waals surface area contributed by atoms with Crippen LogP contribution in [0.5, 0.6) is 5.75 Å². The Morgan fingerprint density at radius 3 is 2.25 bits per heavy atom. The molecule has 1 heterocycles. The molecule has 1 aromatic carbocycles. The third-order valence-corrected chi connectivity index (χ3v) is 4.79. The minimum atomic E-state index is -1.42. The van der Waals surface area contributed by atoms with Gasteiger partial charge in [0.1, 0.15) is 11.4 Å². The van der Waals surface area contributed by atoms with Gasteiger partial charge in [-0.25, -0.2) is 14.0 Å². The minimum absolute atomic E-state index is 0.0136. The van der Waals surface area contributed by atoms with Crippen LogP contribution >= 0.6 is 23.2 Å². The zero-order valence-corrected chi connectivity index (χ0v) is 22.0. The molecule has 0 atom stereocenters. The van der Waals surface area contributed by atoms with Crippen LogP contribution in [0.15, 0.2) is 18.2 Å². The number of carbonyl (C=O) groups is 3. The van der Waals surface area contributed by atoms with Crippen molar-refractivity contribution in [3.63, 3.8) is 0 Å². The van der Waals surface area contributed by atoms with Gasteiger partial charge < -0.3 is 14.6 Å². The van der Waals surface area contributed by atoms with Crippen LogP contribution < -0.4 is 9.80 Å². The molecule has 196 valence electrons. The standard InChI is InChI=1S/C23H26Cl2FN3O7/c1-22(2,3)35-21(33)19(30)29(36-23(4,5)6)18-16(11-15(20(31)32)27-28-18)34-10-9-12-13(24)7-8-14(26)17(12)25/h7-8,11H,9-10H2,1-6H3,(H,31,32). The molecule has 0 saturated carbocycles. The van der Waals surface area contributed by atoms with Crippen molar-refractivity contribution in [2.45, 2.75) is 59.2 Å². The van der Waals surface area contributed by atoms with Crippen molar-refractivity contribution in [3.8, 4) is 5.75 Å². The molecule has 2 aromatic rings. The molecule has 0 aliphatic heterocycles. The Hall–Kier alpha value is -3.02. The van der Waals surface area contributed by atoms with Gasteiger partial charge in [0.2, 0.25) is 5.82 Å². The summed E-state index contributed by atoms with van der Waals surface area (Å²) in [5.74, 6) is -5.26. The zero-order valence-electron chi connectivity index (χ0n) is 20.5. The van der Waals surface area contributed by atoms with Gasteiger partial charge in [-0.15, -0.1) is 10.2 Å². The summed E-state index contributed by atoms with van der Waals surface area (Å²) in [5, 5.41) is 17.2. The number of aromatic carboxylic acids is 1. The van der Waals surface area contributed by atoms with Gasteiger partial charge in [0.25, 0.3) is 0 Å². The van der Waals surface area contributed by atoms with Crippen molar-refractivity contribution in [3.05, 3.63) is 45.3 Å². The molecule has 0 bridgehead atoms.